The van der Waals surface area contributed by atoms with E-state index in [1.165, 1.54) is 10.7 Å². The van der Waals surface area contributed by atoms with Gasteiger partial charge in [0.1, 0.15) is 0 Å². The molecule has 2 heterocycles. The van der Waals surface area contributed by atoms with Crippen molar-refractivity contribution in [3.63, 3.8) is 0 Å². The van der Waals surface area contributed by atoms with Crippen LogP contribution in [0.1, 0.15) is 19.9 Å². The van der Waals surface area contributed by atoms with Gasteiger partial charge in [-0.2, -0.15) is 5.10 Å². The highest BCUT2D eigenvalue weighted by atomic mass is 16.3. The fourth-order valence-corrected chi connectivity index (χ4v) is 2.07. The molecule has 0 radical (unpaired) electrons. The van der Waals surface area contributed by atoms with Gasteiger partial charge >= 0.3 is 0 Å². The molecule has 0 saturated heterocycles. The highest BCUT2D eigenvalue weighted by Gasteiger charge is 2.27. The number of nitrogens with zero attached hydrogens (tertiary/aromatic N) is 3. The maximum absolute atomic E-state index is 11.7. The lowest BCUT2D eigenvalue weighted by atomic mass is 10.1. The van der Waals surface area contributed by atoms with Crippen LogP contribution in [0.4, 0.5) is 0 Å². The fourth-order valence-electron chi connectivity index (χ4n) is 2.07. The van der Waals surface area contributed by atoms with Gasteiger partial charge in [-0.1, -0.05) is 6.08 Å². The van der Waals surface area contributed by atoms with Gasteiger partial charge in [0.2, 0.25) is 0 Å². The average Bonchev–Trinajstić information content (AvgIpc) is 2.38. The molecule has 2 N–H and O–H groups in total. The molecule has 1 aromatic rings. The van der Waals surface area contributed by atoms with E-state index in [1.807, 2.05) is 24.8 Å². The maximum Gasteiger partial charge on any atom is 0.267 e. The van der Waals surface area contributed by atoms with Crippen LogP contribution in [-0.4, -0.2) is 38.7 Å². The van der Waals surface area contributed by atoms with Crippen LogP contribution in [0.2, 0.25) is 0 Å². The Morgan fingerprint density at radius 2 is 2.28 bits per heavy atom. The van der Waals surface area contributed by atoms with Gasteiger partial charge in [-0.3, -0.25) is 9.69 Å². The molecule has 3 atom stereocenters. The number of nitrogens with one attached hydrogen (secondary N) is 1. The van der Waals surface area contributed by atoms with Gasteiger partial charge in [0.15, 0.2) is 6.35 Å². The van der Waals surface area contributed by atoms with Crippen molar-refractivity contribution in [1.29, 1.82) is 0 Å². The first-order chi connectivity index (χ1) is 8.61. The van der Waals surface area contributed by atoms with Crippen LogP contribution in [0.5, 0.6) is 0 Å². The molecular weight excluding hydrogens is 232 g/mol. The van der Waals surface area contributed by atoms with Crippen LogP contribution in [0.3, 0.4) is 0 Å². The molecule has 0 bridgehead atoms. The van der Waals surface area contributed by atoms with E-state index < -0.39 is 6.35 Å². The monoisotopic (exact) mass is 250 g/mol. The predicted molar refractivity (Wildman–Crippen MR) is 67.7 cm³/mol. The lowest BCUT2D eigenvalue weighted by molar-refractivity contribution is -0.0453. The average molecular weight is 250 g/mol. The lowest BCUT2D eigenvalue weighted by Gasteiger charge is -2.37. The third-order valence-electron chi connectivity index (χ3n) is 3.34. The van der Waals surface area contributed by atoms with Crippen molar-refractivity contribution in [2.45, 2.75) is 32.3 Å². The third-order valence-corrected chi connectivity index (χ3v) is 3.34. The van der Waals surface area contributed by atoms with Crippen molar-refractivity contribution in [1.82, 2.24) is 20.0 Å². The maximum atomic E-state index is 11.7. The summed E-state index contributed by atoms with van der Waals surface area (Å²) in [5.74, 6) is 0. The molecule has 98 valence electrons. The number of hydrogen-bond donors (Lipinski definition) is 2. The first-order valence-corrected chi connectivity index (χ1v) is 6.00. The molecule has 0 saturated carbocycles. The van der Waals surface area contributed by atoms with Gasteiger partial charge in [-0.05, 0) is 26.1 Å². The zero-order valence-electron chi connectivity index (χ0n) is 10.5. The molecule has 0 spiro atoms. The van der Waals surface area contributed by atoms with E-state index in [9.17, 15) is 9.90 Å². The minimum atomic E-state index is -0.730. The highest BCUT2D eigenvalue weighted by Crippen LogP contribution is 2.16. The summed E-state index contributed by atoms with van der Waals surface area (Å²) in [5.41, 5.74) is -0.133. The molecule has 3 unspecified atom stereocenters. The third kappa shape index (κ3) is 2.44. The summed E-state index contributed by atoms with van der Waals surface area (Å²) in [4.78, 5) is 13.6. The summed E-state index contributed by atoms with van der Waals surface area (Å²) in [6.45, 7) is 4.53. The van der Waals surface area contributed by atoms with Crippen molar-refractivity contribution >= 4 is 0 Å². The summed E-state index contributed by atoms with van der Waals surface area (Å²) in [6.07, 6.45) is 4.52. The quantitative estimate of drug-likeness (QED) is 0.783. The molecule has 1 aromatic heterocycles. The van der Waals surface area contributed by atoms with E-state index in [-0.39, 0.29) is 17.6 Å². The lowest BCUT2D eigenvalue weighted by Crippen LogP contribution is -2.53. The number of rotatable bonds is 3. The van der Waals surface area contributed by atoms with E-state index in [1.54, 1.807) is 18.5 Å². The second-order valence-electron chi connectivity index (χ2n) is 4.43. The Morgan fingerprint density at radius 3 is 2.94 bits per heavy atom. The van der Waals surface area contributed by atoms with Crippen LogP contribution < -0.4 is 10.9 Å². The van der Waals surface area contributed by atoms with Crippen LogP contribution in [0.25, 0.3) is 0 Å². The summed E-state index contributed by atoms with van der Waals surface area (Å²) in [5, 5.41) is 16.8. The molecule has 2 rings (SSSR count). The van der Waals surface area contributed by atoms with Crippen molar-refractivity contribution in [2.24, 2.45) is 0 Å². The van der Waals surface area contributed by atoms with E-state index in [4.69, 9.17) is 0 Å². The molecule has 6 heteroatoms. The molecule has 0 aliphatic carbocycles. The first kappa shape index (κ1) is 12.8. The van der Waals surface area contributed by atoms with Gasteiger partial charge in [-0.15, -0.1) is 0 Å². The second-order valence-corrected chi connectivity index (χ2v) is 4.43. The molecule has 0 amide bonds. The van der Waals surface area contributed by atoms with Crippen molar-refractivity contribution < 1.29 is 5.11 Å². The topological polar surface area (TPSA) is 70.4 Å². The van der Waals surface area contributed by atoms with E-state index in [2.05, 4.69) is 10.4 Å². The summed E-state index contributed by atoms with van der Waals surface area (Å²) in [6, 6.07) is 2.96. The first-order valence-electron chi connectivity index (χ1n) is 6.00. The Labute approximate surface area is 106 Å². The van der Waals surface area contributed by atoms with Crippen molar-refractivity contribution in [2.75, 3.05) is 6.54 Å². The molecule has 1 aliphatic heterocycles. The molecule has 0 aromatic carbocycles. The molecule has 0 fully saturated rings. The number of aliphatic hydroxyl groups is 1. The standard InChI is InChI=1S/C12H18N4O2/c1-9(15-8-4-6-13-12(15)18)10(2)16-11(17)5-3-7-14-16/h3-7,9-10,12-13,18H,8H2,1-2H3. The molecule has 18 heavy (non-hydrogen) atoms. The Hall–Kier alpha value is -1.66. The largest absolute Gasteiger partial charge is 0.361 e. The highest BCUT2D eigenvalue weighted by molar-refractivity contribution is 4.94. The van der Waals surface area contributed by atoms with Gasteiger partial charge < -0.3 is 10.4 Å². The fraction of sp³-hybridized carbons (Fsp3) is 0.500. The van der Waals surface area contributed by atoms with E-state index in [0.29, 0.717) is 6.54 Å². The number of hydrogen-bond acceptors (Lipinski definition) is 5. The molecule has 1 aliphatic rings. The smallest absolute Gasteiger partial charge is 0.267 e. The van der Waals surface area contributed by atoms with Crippen LogP contribution >= 0.6 is 0 Å². The Morgan fingerprint density at radius 1 is 1.50 bits per heavy atom. The minimum Gasteiger partial charge on any atom is -0.361 e. The van der Waals surface area contributed by atoms with Gasteiger partial charge in [0.05, 0.1) is 6.04 Å². The predicted octanol–water partition coefficient (Wildman–Crippen LogP) is -0.112. The zero-order chi connectivity index (χ0) is 13.1. The summed E-state index contributed by atoms with van der Waals surface area (Å²) < 4.78 is 1.44. The summed E-state index contributed by atoms with van der Waals surface area (Å²) in [7, 11) is 0. The van der Waals surface area contributed by atoms with Gasteiger partial charge in [0, 0.05) is 24.8 Å². The van der Waals surface area contributed by atoms with Crippen LogP contribution in [-0.2, 0) is 0 Å². The Bertz CT molecular complexity index is 485. The van der Waals surface area contributed by atoms with Crippen molar-refractivity contribution in [3.8, 4) is 0 Å². The molecule has 6 nitrogen and oxygen atoms in total. The number of aromatic nitrogens is 2. The van der Waals surface area contributed by atoms with E-state index >= 15 is 0 Å². The SMILES string of the molecule is CC(C(C)n1ncccc1=O)N1CC=CNC1O. The Kier molecular flexibility index (Phi) is 3.78. The number of aliphatic hydroxyl groups excluding tert-OH is 1. The Balaban J connectivity index is 2.18. The van der Waals surface area contributed by atoms with Gasteiger partial charge in [-0.25, -0.2) is 4.68 Å². The normalized spacial score (nSPS) is 23.4. The van der Waals surface area contributed by atoms with Gasteiger partial charge in [0.25, 0.3) is 5.56 Å². The minimum absolute atomic E-state index is 0.0231. The van der Waals surface area contributed by atoms with Crippen LogP contribution in [0.15, 0.2) is 35.4 Å². The zero-order valence-corrected chi connectivity index (χ0v) is 10.5. The second kappa shape index (κ2) is 5.32. The molecular formula is C12H18N4O2. The van der Waals surface area contributed by atoms with Crippen LogP contribution in [0, 0.1) is 0 Å². The van der Waals surface area contributed by atoms with Crippen molar-refractivity contribution in [3.05, 3.63) is 41.0 Å². The summed E-state index contributed by atoms with van der Waals surface area (Å²) >= 11 is 0. The van der Waals surface area contributed by atoms with E-state index in [0.717, 1.165) is 0 Å².